The van der Waals surface area contributed by atoms with E-state index >= 15 is 0 Å². The van der Waals surface area contributed by atoms with Gasteiger partial charge in [-0.1, -0.05) is 27.7 Å². The molecule has 0 aliphatic carbocycles. The van der Waals surface area contributed by atoms with Crippen LogP contribution in [0.3, 0.4) is 0 Å². The van der Waals surface area contributed by atoms with Gasteiger partial charge in [-0.15, -0.1) is 0 Å². The first-order valence-electron chi connectivity index (χ1n) is 6.68. The third-order valence-corrected chi connectivity index (χ3v) is 2.44. The molecule has 0 aromatic rings. The highest BCUT2D eigenvalue weighted by atomic mass is 16.5. The summed E-state index contributed by atoms with van der Waals surface area (Å²) in [6.07, 6.45) is 2.49. The average molecular weight is 256 g/mol. The van der Waals surface area contributed by atoms with E-state index in [9.17, 15) is 9.59 Å². The van der Waals surface area contributed by atoms with Crippen LogP contribution in [0.1, 0.15) is 53.4 Å². The van der Waals surface area contributed by atoms with E-state index in [2.05, 4.69) is 0 Å². The second kappa shape index (κ2) is 9.68. The quantitative estimate of drug-likeness (QED) is 0.495. The summed E-state index contributed by atoms with van der Waals surface area (Å²) in [7, 11) is 0. The van der Waals surface area contributed by atoms with Crippen LogP contribution in [-0.4, -0.2) is 25.2 Å². The summed E-state index contributed by atoms with van der Waals surface area (Å²) in [5, 5.41) is 0. The minimum atomic E-state index is -0.398. The highest BCUT2D eigenvalue weighted by molar-refractivity contribution is 6.00. The Hall–Kier alpha value is -1.32. The van der Waals surface area contributed by atoms with E-state index in [4.69, 9.17) is 9.47 Å². The van der Waals surface area contributed by atoms with Gasteiger partial charge in [-0.25, -0.2) is 9.59 Å². The van der Waals surface area contributed by atoms with Crippen LogP contribution in [0.25, 0.3) is 0 Å². The van der Waals surface area contributed by atoms with E-state index in [1.807, 2.05) is 27.7 Å². The maximum atomic E-state index is 11.8. The maximum Gasteiger partial charge on any atom is 0.334 e. The molecule has 0 unspecified atom stereocenters. The van der Waals surface area contributed by atoms with Crippen LogP contribution in [-0.2, 0) is 19.1 Å². The molecule has 0 aliphatic rings. The molecule has 0 saturated heterocycles. The molecule has 0 amide bonds. The van der Waals surface area contributed by atoms with E-state index in [1.165, 1.54) is 0 Å². The number of ether oxygens (including phenoxy) is 2. The van der Waals surface area contributed by atoms with Crippen LogP contribution in [0.2, 0.25) is 0 Å². The lowest BCUT2D eigenvalue weighted by Crippen LogP contribution is -2.16. The zero-order valence-corrected chi connectivity index (χ0v) is 11.9. The SMILES string of the molecule is CCCOC(=O)C(CC)=C(CC)C(=O)OCCC. The number of esters is 2. The third-order valence-electron chi connectivity index (χ3n) is 2.44. The molecule has 4 nitrogen and oxygen atoms in total. The van der Waals surface area contributed by atoms with Gasteiger partial charge in [0.05, 0.1) is 13.2 Å². The van der Waals surface area contributed by atoms with Crippen LogP contribution in [0.4, 0.5) is 0 Å². The Bertz CT molecular complexity index is 275. The Balaban J connectivity index is 4.91. The Labute approximate surface area is 109 Å². The van der Waals surface area contributed by atoms with Crippen molar-refractivity contribution in [3.63, 3.8) is 0 Å². The normalized spacial score (nSPS) is 11.8. The molecular weight excluding hydrogens is 232 g/mol. The summed E-state index contributed by atoms with van der Waals surface area (Å²) >= 11 is 0. The summed E-state index contributed by atoms with van der Waals surface area (Å²) in [6, 6.07) is 0. The van der Waals surface area contributed by atoms with Crippen molar-refractivity contribution >= 4 is 11.9 Å². The van der Waals surface area contributed by atoms with Gasteiger partial charge >= 0.3 is 11.9 Å². The first kappa shape index (κ1) is 16.7. The molecule has 0 rings (SSSR count). The summed E-state index contributed by atoms with van der Waals surface area (Å²) in [5.74, 6) is -0.797. The van der Waals surface area contributed by atoms with Crippen LogP contribution in [0.15, 0.2) is 11.1 Å². The van der Waals surface area contributed by atoms with Gasteiger partial charge in [0, 0.05) is 11.1 Å². The molecule has 0 bridgehead atoms. The molecule has 4 heteroatoms. The minimum absolute atomic E-state index is 0.378. The fourth-order valence-electron chi connectivity index (χ4n) is 1.53. The van der Waals surface area contributed by atoms with Crippen molar-refractivity contribution < 1.29 is 19.1 Å². The number of hydrogen-bond donors (Lipinski definition) is 0. The van der Waals surface area contributed by atoms with E-state index in [1.54, 1.807) is 0 Å². The smallest absolute Gasteiger partial charge is 0.334 e. The largest absolute Gasteiger partial charge is 0.462 e. The monoisotopic (exact) mass is 256 g/mol. The molecule has 0 radical (unpaired) electrons. The van der Waals surface area contributed by atoms with Gasteiger partial charge in [0.1, 0.15) is 0 Å². The van der Waals surface area contributed by atoms with Crippen LogP contribution < -0.4 is 0 Å². The fraction of sp³-hybridized carbons (Fsp3) is 0.714. The van der Waals surface area contributed by atoms with Crippen molar-refractivity contribution in [2.75, 3.05) is 13.2 Å². The van der Waals surface area contributed by atoms with Gasteiger partial charge in [0.2, 0.25) is 0 Å². The molecule has 0 fully saturated rings. The van der Waals surface area contributed by atoms with Gasteiger partial charge < -0.3 is 9.47 Å². The molecule has 0 saturated carbocycles. The lowest BCUT2D eigenvalue weighted by molar-refractivity contribution is -0.142. The summed E-state index contributed by atoms with van der Waals surface area (Å²) in [5.41, 5.74) is 0.874. The van der Waals surface area contributed by atoms with E-state index in [0.717, 1.165) is 12.8 Å². The summed E-state index contributed by atoms with van der Waals surface area (Å²) in [6.45, 7) is 8.29. The Kier molecular flexibility index (Phi) is 8.97. The molecule has 18 heavy (non-hydrogen) atoms. The Morgan fingerprint density at radius 2 is 1.06 bits per heavy atom. The van der Waals surface area contributed by atoms with E-state index < -0.39 is 11.9 Å². The summed E-state index contributed by atoms with van der Waals surface area (Å²) in [4.78, 5) is 23.6. The average Bonchev–Trinajstić information content (AvgIpc) is 2.39. The number of carbonyl (C=O) groups is 2. The zero-order valence-electron chi connectivity index (χ0n) is 11.9. The lowest BCUT2D eigenvalue weighted by Gasteiger charge is -2.11. The number of hydrogen-bond acceptors (Lipinski definition) is 4. The van der Waals surface area contributed by atoms with Gasteiger partial charge in [-0.05, 0) is 25.7 Å². The zero-order chi connectivity index (χ0) is 14.0. The molecule has 0 atom stereocenters. The van der Waals surface area contributed by atoms with Crippen molar-refractivity contribution in [1.82, 2.24) is 0 Å². The standard InChI is InChI=1S/C14H24O4/c1-5-9-17-13(15)11(7-3)12(8-4)14(16)18-10-6-2/h5-10H2,1-4H3. The van der Waals surface area contributed by atoms with Crippen molar-refractivity contribution in [2.45, 2.75) is 53.4 Å². The highest BCUT2D eigenvalue weighted by Crippen LogP contribution is 2.16. The second-order valence-corrected chi connectivity index (χ2v) is 3.94. The van der Waals surface area contributed by atoms with Crippen LogP contribution >= 0.6 is 0 Å². The molecule has 0 N–H and O–H groups in total. The topological polar surface area (TPSA) is 52.6 Å². The maximum absolute atomic E-state index is 11.8. The van der Waals surface area contributed by atoms with Gasteiger partial charge in [-0.2, -0.15) is 0 Å². The molecule has 0 aromatic heterocycles. The Morgan fingerprint density at radius 3 is 1.28 bits per heavy atom. The van der Waals surface area contributed by atoms with E-state index in [0.29, 0.717) is 37.2 Å². The van der Waals surface area contributed by atoms with E-state index in [-0.39, 0.29) is 0 Å². The fourth-order valence-corrected chi connectivity index (χ4v) is 1.53. The van der Waals surface area contributed by atoms with Gasteiger partial charge in [-0.3, -0.25) is 0 Å². The number of rotatable bonds is 8. The summed E-state index contributed by atoms with van der Waals surface area (Å²) < 4.78 is 10.2. The predicted molar refractivity (Wildman–Crippen MR) is 70.1 cm³/mol. The van der Waals surface area contributed by atoms with Crippen molar-refractivity contribution in [1.29, 1.82) is 0 Å². The van der Waals surface area contributed by atoms with Gasteiger partial charge in [0.15, 0.2) is 0 Å². The van der Waals surface area contributed by atoms with Crippen molar-refractivity contribution in [3.8, 4) is 0 Å². The first-order chi connectivity index (χ1) is 8.62. The first-order valence-corrected chi connectivity index (χ1v) is 6.68. The van der Waals surface area contributed by atoms with Crippen LogP contribution in [0, 0.1) is 0 Å². The van der Waals surface area contributed by atoms with Crippen molar-refractivity contribution in [3.05, 3.63) is 11.1 Å². The van der Waals surface area contributed by atoms with Crippen LogP contribution in [0.5, 0.6) is 0 Å². The molecule has 0 heterocycles. The van der Waals surface area contributed by atoms with Crippen molar-refractivity contribution in [2.24, 2.45) is 0 Å². The second-order valence-electron chi connectivity index (χ2n) is 3.94. The molecular formula is C14H24O4. The minimum Gasteiger partial charge on any atom is -0.462 e. The lowest BCUT2D eigenvalue weighted by atomic mass is 10.0. The molecule has 0 aromatic carbocycles. The third kappa shape index (κ3) is 5.34. The predicted octanol–water partition coefficient (Wildman–Crippen LogP) is 3.01. The molecule has 104 valence electrons. The molecule has 0 spiro atoms. The molecule has 0 aliphatic heterocycles. The highest BCUT2D eigenvalue weighted by Gasteiger charge is 2.20. The number of carbonyl (C=O) groups excluding carboxylic acids is 2. The van der Waals surface area contributed by atoms with Gasteiger partial charge in [0.25, 0.3) is 0 Å². The Morgan fingerprint density at radius 1 is 0.722 bits per heavy atom.